The minimum atomic E-state index is -2.63. The Labute approximate surface area is 244 Å². The number of benzene rings is 1. The van der Waals surface area contributed by atoms with Crippen molar-refractivity contribution in [3.63, 3.8) is 0 Å². The highest BCUT2D eigenvalue weighted by Gasteiger charge is 2.36. The zero-order chi connectivity index (χ0) is 29.2. The van der Waals surface area contributed by atoms with Crippen LogP contribution in [0, 0.1) is 12.8 Å². The molecule has 2 amide bonds. The predicted molar refractivity (Wildman–Crippen MR) is 159 cm³/mol. The van der Waals surface area contributed by atoms with Crippen LogP contribution < -0.4 is 15.4 Å². The van der Waals surface area contributed by atoms with Gasteiger partial charge in [0.25, 0.3) is 11.8 Å². The third-order valence-corrected chi connectivity index (χ3v) is 8.71. The summed E-state index contributed by atoms with van der Waals surface area (Å²) in [5, 5.41) is 10.8. The number of nitrogens with one attached hydrogen (secondary N) is 2. The van der Waals surface area contributed by atoms with Crippen molar-refractivity contribution in [2.24, 2.45) is 5.92 Å². The SMILES string of the molecule is Cc1cc(Cl)cc(C(=O)NC(C)CCC(C)C)c1NC(=O)c1cc(OC2CS(O)(O)C2)nn1-c1ncccc1Cl. The summed E-state index contributed by atoms with van der Waals surface area (Å²) < 4.78 is 26.5. The van der Waals surface area contributed by atoms with Gasteiger partial charge in [0, 0.05) is 23.3 Å². The van der Waals surface area contributed by atoms with Gasteiger partial charge in [0.15, 0.2) is 5.82 Å². The van der Waals surface area contributed by atoms with Crippen molar-refractivity contribution in [2.75, 3.05) is 16.8 Å². The van der Waals surface area contributed by atoms with Crippen LogP contribution in [0.4, 0.5) is 5.69 Å². The van der Waals surface area contributed by atoms with E-state index < -0.39 is 22.6 Å². The molecule has 216 valence electrons. The van der Waals surface area contributed by atoms with Gasteiger partial charge in [-0.2, -0.15) is 10.6 Å². The Balaban J connectivity index is 1.64. The first kappa shape index (κ1) is 30.1. The predicted octanol–water partition coefficient (Wildman–Crippen LogP) is 6.20. The lowest BCUT2D eigenvalue weighted by Gasteiger charge is -2.45. The van der Waals surface area contributed by atoms with E-state index in [0.717, 1.165) is 12.8 Å². The van der Waals surface area contributed by atoms with Gasteiger partial charge in [-0.05, 0) is 62.4 Å². The molecule has 0 aliphatic carbocycles. The van der Waals surface area contributed by atoms with Crippen molar-refractivity contribution >= 4 is 51.3 Å². The van der Waals surface area contributed by atoms with E-state index in [0.29, 0.717) is 22.2 Å². The number of halogens is 2. The summed E-state index contributed by atoms with van der Waals surface area (Å²) in [7, 11) is -2.63. The lowest BCUT2D eigenvalue weighted by atomic mass is 10.0. The monoisotopic (exact) mass is 609 g/mol. The Morgan fingerprint density at radius 1 is 1.15 bits per heavy atom. The number of aromatic nitrogens is 3. The molecule has 3 aromatic rings. The van der Waals surface area contributed by atoms with Crippen LogP contribution in [0.1, 0.15) is 60.0 Å². The second-order valence-electron chi connectivity index (χ2n) is 10.4. The molecule has 1 saturated heterocycles. The molecule has 4 N–H and O–H groups in total. The molecule has 0 radical (unpaired) electrons. The number of amides is 2. The van der Waals surface area contributed by atoms with Crippen LogP contribution in [0.3, 0.4) is 0 Å². The molecule has 1 unspecified atom stereocenters. The standard InChI is InChI=1S/C27H33Cl2N5O5S/c1-15(2)7-8-17(4)31-26(35)20-11-18(28)10-16(3)24(20)32-27(36)22-12-23(39-19-13-40(37,38)14-19)33-34(22)25-21(29)6-5-9-30-25/h5-6,9-12,15,17,19,37-38H,7-8,13-14H2,1-4H3,(H,31,35)(H,32,36). The minimum absolute atomic E-state index is 0.0486. The summed E-state index contributed by atoms with van der Waals surface area (Å²) >= 11 is 12.7. The number of rotatable bonds is 10. The van der Waals surface area contributed by atoms with Crippen molar-refractivity contribution in [3.8, 4) is 11.7 Å². The molecule has 0 bridgehead atoms. The Kier molecular flexibility index (Phi) is 9.31. The van der Waals surface area contributed by atoms with Crippen molar-refractivity contribution in [1.82, 2.24) is 20.1 Å². The molecule has 2 aromatic heterocycles. The van der Waals surface area contributed by atoms with E-state index in [4.69, 9.17) is 27.9 Å². The van der Waals surface area contributed by atoms with Gasteiger partial charge in [0.05, 0.1) is 27.8 Å². The van der Waals surface area contributed by atoms with Crippen LogP contribution in [0.2, 0.25) is 10.0 Å². The zero-order valence-electron chi connectivity index (χ0n) is 22.6. The van der Waals surface area contributed by atoms with Gasteiger partial charge in [-0.1, -0.05) is 37.0 Å². The van der Waals surface area contributed by atoms with Gasteiger partial charge in [-0.15, -0.1) is 5.10 Å². The molecule has 10 nitrogen and oxygen atoms in total. The van der Waals surface area contributed by atoms with E-state index in [2.05, 4.69) is 34.6 Å². The van der Waals surface area contributed by atoms with Crippen LogP contribution in [-0.2, 0) is 0 Å². The van der Waals surface area contributed by atoms with E-state index >= 15 is 0 Å². The topological polar surface area (TPSA) is 139 Å². The molecule has 3 heterocycles. The van der Waals surface area contributed by atoms with E-state index in [-0.39, 0.29) is 51.4 Å². The first-order chi connectivity index (χ1) is 18.8. The largest absolute Gasteiger partial charge is 0.470 e. The molecule has 40 heavy (non-hydrogen) atoms. The fourth-order valence-electron chi connectivity index (χ4n) is 4.28. The van der Waals surface area contributed by atoms with Crippen molar-refractivity contribution < 1.29 is 23.4 Å². The molecule has 0 saturated carbocycles. The van der Waals surface area contributed by atoms with E-state index in [1.165, 1.54) is 23.0 Å². The summed E-state index contributed by atoms with van der Waals surface area (Å²) in [5.41, 5.74) is 1.18. The summed E-state index contributed by atoms with van der Waals surface area (Å²) in [4.78, 5) is 31.2. The molecular formula is C27H33Cl2N5O5S. The van der Waals surface area contributed by atoms with Crippen LogP contribution in [-0.4, -0.2) is 59.3 Å². The normalized spacial score (nSPS) is 16.2. The van der Waals surface area contributed by atoms with E-state index in [1.807, 2.05) is 6.92 Å². The number of aryl methyl sites for hydroxylation is 1. The molecule has 1 atom stereocenters. The number of anilines is 1. The second kappa shape index (κ2) is 12.4. The zero-order valence-corrected chi connectivity index (χ0v) is 25.0. The average molecular weight is 611 g/mol. The molecule has 0 spiro atoms. The Bertz CT molecular complexity index is 1410. The third-order valence-electron chi connectivity index (χ3n) is 6.39. The Morgan fingerprint density at radius 2 is 1.88 bits per heavy atom. The third kappa shape index (κ3) is 7.27. The molecule has 1 fully saturated rings. The summed E-state index contributed by atoms with van der Waals surface area (Å²) in [6.07, 6.45) is 2.84. The van der Waals surface area contributed by atoms with Crippen LogP contribution >= 0.6 is 33.8 Å². The maximum atomic E-state index is 13.7. The Hall–Kier alpha value is -2.83. The second-order valence-corrected chi connectivity index (χ2v) is 13.5. The van der Waals surface area contributed by atoms with Gasteiger partial charge in [-0.3, -0.25) is 18.7 Å². The van der Waals surface area contributed by atoms with Crippen LogP contribution in [0.15, 0.2) is 36.5 Å². The first-order valence-electron chi connectivity index (χ1n) is 12.9. The lowest BCUT2D eigenvalue weighted by molar-refractivity contribution is 0.0938. The number of hydrogen-bond acceptors (Lipinski definition) is 7. The number of pyridine rings is 1. The number of carbonyl (C=O) groups excluding carboxylic acids is 2. The minimum Gasteiger partial charge on any atom is -0.470 e. The van der Waals surface area contributed by atoms with Gasteiger partial charge >= 0.3 is 0 Å². The van der Waals surface area contributed by atoms with Crippen LogP contribution in [0.5, 0.6) is 5.88 Å². The average Bonchev–Trinajstić information content (AvgIpc) is 3.27. The highest BCUT2D eigenvalue weighted by Crippen LogP contribution is 2.49. The van der Waals surface area contributed by atoms with Crippen molar-refractivity contribution in [3.05, 3.63) is 63.4 Å². The summed E-state index contributed by atoms with van der Waals surface area (Å²) in [6.45, 7) is 7.94. The fourth-order valence-corrected chi connectivity index (χ4v) is 5.99. The highest BCUT2D eigenvalue weighted by atomic mass is 35.5. The van der Waals surface area contributed by atoms with Crippen molar-refractivity contribution in [2.45, 2.75) is 52.7 Å². The molecule has 1 aliphatic rings. The maximum Gasteiger partial charge on any atom is 0.274 e. The van der Waals surface area contributed by atoms with Gasteiger partial charge < -0.3 is 15.4 Å². The molecular weight excluding hydrogens is 577 g/mol. The summed E-state index contributed by atoms with van der Waals surface area (Å²) in [5.74, 6) is 0.0338. The number of hydrogen-bond donors (Lipinski definition) is 4. The van der Waals surface area contributed by atoms with Gasteiger partial charge in [-0.25, -0.2) is 9.67 Å². The van der Waals surface area contributed by atoms with Gasteiger partial charge in [0.1, 0.15) is 11.8 Å². The highest BCUT2D eigenvalue weighted by molar-refractivity contribution is 8.25. The number of carbonyl (C=O) groups is 2. The molecule has 1 aromatic carbocycles. The van der Waals surface area contributed by atoms with Crippen LogP contribution in [0.25, 0.3) is 5.82 Å². The first-order valence-corrected chi connectivity index (χ1v) is 15.5. The summed E-state index contributed by atoms with van der Waals surface area (Å²) in [6, 6.07) is 7.79. The molecule has 1 aliphatic heterocycles. The van der Waals surface area contributed by atoms with Gasteiger partial charge in [0.2, 0.25) is 5.88 Å². The number of ether oxygens (including phenoxy) is 1. The lowest BCUT2D eigenvalue weighted by Crippen LogP contribution is -2.42. The van der Waals surface area contributed by atoms with Crippen molar-refractivity contribution in [1.29, 1.82) is 0 Å². The van der Waals surface area contributed by atoms with E-state index in [1.54, 1.807) is 25.1 Å². The molecule has 13 heteroatoms. The smallest absolute Gasteiger partial charge is 0.274 e. The van der Waals surface area contributed by atoms with E-state index in [9.17, 15) is 18.7 Å². The molecule has 4 rings (SSSR count). The number of nitrogens with zero attached hydrogens (tertiary/aromatic N) is 3. The quantitative estimate of drug-likeness (QED) is 0.214. The fraction of sp³-hybridized carbons (Fsp3) is 0.407. The Morgan fingerprint density at radius 3 is 2.52 bits per heavy atom. The maximum absolute atomic E-state index is 13.7.